The maximum Gasteiger partial charge on any atom is 0.161 e. The molecule has 0 aromatic heterocycles. The monoisotopic (exact) mass is 311 g/mol. The minimum absolute atomic E-state index is 0.00783. The minimum Gasteiger partial charge on any atom is -0.380 e. The molecule has 1 aliphatic carbocycles. The highest BCUT2D eigenvalue weighted by Crippen LogP contribution is 2.39. The Kier molecular flexibility index (Phi) is 3.81. The number of anilines is 1. The van der Waals surface area contributed by atoms with Crippen LogP contribution in [0, 0.1) is 17.5 Å². The predicted octanol–water partition coefficient (Wildman–Crippen LogP) is 5.12. The van der Waals surface area contributed by atoms with Gasteiger partial charge in [0.05, 0.1) is 5.69 Å². The van der Waals surface area contributed by atoms with E-state index in [1.54, 1.807) is 0 Å². The van der Waals surface area contributed by atoms with Gasteiger partial charge in [0.15, 0.2) is 11.6 Å². The first-order valence-corrected chi connectivity index (χ1v) is 7.07. The summed E-state index contributed by atoms with van der Waals surface area (Å²) in [5, 5.41) is 3.61. The Morgan fingerprint density at radius 3 is 2.19 bits per heavy atom. The average Bonchev–Trinajstić information content (AvgIpc) is 2.40. The highest BCUT2D eigenvalue weighted by atomic mass is 35.5. The Bertz CT molecular complexity index is 651. The molecular weight excluding hydrogens is 299 g/mol. The molecule has 110 valence electrons. The van der Waals surface area contributed by atoms with Crippen LogP contribution in [0.15, 0.2) is 36.4 Å². The van der Waals surface area contributed by atoms with Crippen molar-refractivity contribution in [2.45, 2.75) is 24.8 Å². The zero-order valence-corrected chi connectivity index (χ0v) is 11.8. The molecule has 1 aliphatic rings. The van der Waals surface area contributed by atoms with Gasteiger partial charge in [-0.15, -0.1) is 0 Å². The number of hydrogen-bond donors (Lipinski definition) is 1. The smallest absolute Gasteiger partial charge is 0.161 e. The normalized spacial score (nSPS) is 21.0. The van der Waals surface area contributed by atoms with Gasteiger partial charge in [0.25, 0.3) is 0 Å². The molecule has 0 atom stereocenters. The van der Waals surface area contributed by atoms with Gasteiger partial charge in [-0.05, 0) is 36.5 Å². The first-order chi connectivity index (χ1) is 10.0. The van der Waals surface area contributed by atoms with Crippen LogP contribution in [0.3, 0.4) is 0 Å². The molecule has 3 rings (SSSR count). The van der Waals surface area contributed by atoms with Crippen molar-refractivity contribution in [3.05, 3.63) is 64.4 Å². The molecular formula is C16H13ClF3N. The van der Waals surface area contributed by atoms with E-state index in [1.165, 1.54) is 5.56 Å². The maximum atomic E-state index is 13.5. The van der Waals surface area contributed by atoms with Crippen LogP contribution in [0.25, 0.3) is 0 Å². The molecule has 0 aliphatic heterocycles. The van der Waals surface area contributed by atoms with Crippen molar-refractivity contribution < 1.29 is 13.2 Å². The first-order valence-electron chi connectivity index (χ1n) is 6.69. The number of rotatable bonds is 3. The van der Waals surface area contributed by atoms with Gasteiger partial charge in [-0.3, -0.25) is 0 Å². The minimum atomic E-state index is -1.18. The summed E-state index contributed by atoms with van der Waals surface area (Å²) in [6.07, 6.45) is 1.64. The van der Waals surface area contributed by atoms with Crippen molar-refractivity contribution in [2.75, 3.05) is 5.32 Å². The maximum absolute atomic E-state index is 13.5. The SMILES string of the molecule is Fc1cc(F)c(NC2CC(c3ccc(Cl)cc3)C2)cc1F. The van der Waals surface area contributed by atoms with Crippen LogP contribution in [-0.2, 0) is 0 Å². The molecule has 0 spiro atoms. The van der Waals surface area contributed by atoms with E-state index >= 15 is 0 Å². The van der Waals surface area contributed by atoms with Crippen molar-refractivity contribution in [1.82, 2.24) is 0 Å². The molecule has 1 saturated carbocycles. The largest absolute Gasteiger partial charge is 0.380 e. The van der Waals surface area contributed by atoms with Crippen molar-refractivity contribution in [3.8, 4) is 0 Å². The van der Waals surface area contributed by atoms with E-state index in [0.29, 0.717) is 17.0 Å². The fraction of sp³-hybridized carbons (Fsp3) is 0.250. The fourth-order valence-corrected chi connectivity index (χ4v) is 2.72. The van der Waals surface area contributed by atoms with Crippen LogP contribution in [0.5, 0.6) is 0 Å². The van der Waals surface area contributed by atoms with Crippen molar-refractivity contribution in [2.24, 2.45) is 0 Å². The van der Waals surface area contributed by atoms with E-state index in [1.807, 2.05) is 24.3 Å². The summed E-state index contributed by atoms with van der Waals surface area (Å²) in [5.74, 6) is -2.62. The van der Waals surface area contributed by atoms with Gasteiger partial charge in [-0.25, -0.2) is 13.2 Å². The number of halogens is 4. The molecule has 0 saturated heterocycles. The molecule has 5 heteroatoms. The van der Waals surface area contributed by atoms with Gasteiger partial charge in [-0.2, -0.15) is 0 Å². The summed E-state index contributed by atoms with van der Waals surface area (Å²) in [7, 11) is 0. The molecule has 1 fully saturated rings. The average molecular weight is 312 g/mol. The number of hydrogen-bond acceptors (Lipinski definition) is 1. The zero-order valence-electron chi connectivity index (χ0n) is 11.0. The number of nitrogens with one attached hydrogen (secondary N) is 1. The Morgan fingerprint density at radius 1 is 0.905 bits per heavy atom. The van der Waals surface area contributed by atoms with Gasteiger partial charge >= 0.3 is 0 Å². The molecule has 0 unspecified atom stereocenters. The van der Waals surface area contributed by atoms with E-state index in [4.69, 9.17) is 11.6 Å². The topological polar surface area (TPSA) is 12.0 Å². The molecule has 21 heavy (non-hydrogen) atoms. The van der Waals surface area contributed by atoms with E-state index in [-0.39, 0.29) is 11.7 Å². The van der Waals surface area contributed by atoms with Crippen LogP contribution < -0.4 is 5.32 Å². The first kappa shape index (κ1) is 14.3. The highest BCUT2D eigenvalue weighted by Gasteiger charge is 2.30. The summed E-state index contributed by atoms with van der Waals surface area (Å²) in [5.41, 5.74) is 1.19. The molecule has 1 nitrogen and oxygen atoms in total. The lowest BCUT2D eigenvalue weighted by Gasteiger charge is -2.37. The van der Waals surface area contributed by atoms with Crippen LogP contribution in [0.4, 0.5) is 18.9 Å². The standard InChI is InChI=1S/C16H13ClF3N/c17-11-3-1-9(2-4-11)10-5-12(6-10)21-16-8-14(19)13(18)7-15(16)20/h1-4,7-8,10,12,21H,5-6H2. The molecule has 2 aromatic rings. The van der Waals surface area contributed by atoms with Gasteiger partial charge in [0.1, 0.15) is 5.82 Å². The van der Waals surface area contributed by atoms with Crippen molar-refractivity contribution in [1.29, 1.82) is 0 Å². The second kappa shape index (κ2) is 5.60. The van der Waals surface area contributed by atoms with Crippen LogP contribution >= 0.6 is 11.6 Å². The molecule has 0 radical (unpaired) electrons. The third kappa shape index (κ3) is 3.00. The van der Waals surface area contributed by atoms with Gasteiger partial charge in [0, 0.05) is 23.2 Å². The Labute approximate surface area is 125 Å². The van der Waals surface area contributed by atoms with E-state index < -0.39 is 17.5 Å². The fourth-order valence-electron chi connectivity index (χ4n) is 2.60. The third-order valence-electron chi connectivity index (χ3n) is 3.85. The van der Waals surface area contributed by atoms with Gasteiger partial charge in [-0.1, -0.05) is 23.7 Å². The summed E-state index contributed by atoms with van der Waals surface area (Å²) in [6.45, 7) is 0. The van der Waals surface area contributed by atoms with Crippen LogP contribution in [0.1, 0.15) is 24.3 Å². The summed E-state index contributed by atoms with van der Waals surface area (Å²) in [6, 6.07) is 9.11. The number of benzene rings is 2. The summed E-state index contributed by atoms with van der Waals surface area (Å²) < 4.78 is 39.5. The second-order valence-electron chi connectivity index (χ2n) is 5.31. The predicted molar refractivity (Wildman–Crippen MR) is 77.2 cm³/mol. The second-order valence-corrected chi connectivity index (χ2v) is 5.74. The molecule has 2 aromatic carbocycles. The molecule has 0 heterocycles. The molecule has 0 bridgehead atoms. The molecule has 0 amide bonds. The van der Waals surface area contributed by atoms with E-state index in [0.717, 1.165) is 18.9 Å². The Balaban J connectivity index is 1.62. The van der Waals surface area contributed by atoms with Gasteiger partial charge in [0.2, 0.25) is 0 Å². The zero-order chi connectivity index (χ0) is 15.0. The van der Waals surface area contributed by atoms with Crippen LogP contribution in [-0.4, -0.2) is 6.04 Å². The lowest BCUT2D eigenvalue weighted by molar-refractivity contribution is 0.372. The van der Waals surface area contributed by atoms with E-state index in [2.05, 4.69) is 5.32 Å². The van der Waals surface area contributed by atoms with Crippen LogP contribution in [0.2, 0.25) is 5.02 Å². The Morgan fingerprint density at radius 2 is 1.52 bits per heavy atom. The Hall–Kier alpha value is -1.68. The van der Waals surface area contributed by atoms with Crippen molar-refractivity contribution in [3.63, 3.8) is 0 Å². The summed E-state index contributed by atoms with van der Waals surface area (Å²) >= 11 is 5.84. The van der Waals surface area contributed by atoms with Gasteiger partial charge < -0.3 is 5.32 Å². The quantitative estimate of drug-likeness (QED) is 0.776. The van der Waals surface area contributed by atoms with E-state index in [9.17, 15) is 13.2 Å². The summed E-state index contributed by atoms with van der Waals surface area (Å²) in [4.78, 5) is 0. The molecule has 1 N–H and O–H groups in total. The third-order valence-corrected chi connectivity index (χ3v) is 4.10. The lowest BCUT2D eigenvalue weighted by atomic mass is 9.76. The van der Waals surface area contributed by atoms with Crippen molar-refractivity contribution >= 4 is 17.3 Å². The highest BCUT2D eigenvalue weighted by molar-refractivity contribution is 6.30. The lowest BCUT2D eigenvalue weighted by Crippen LogP contribution is -2.34.